The predicted octanol–water partition coefficient (Wildman–Crippen LogP) is 1.55. The van der Waals surface area contributed by atoms with Crippen molar-refractivity contribution in [2.24, 2.45) is 0 Å². The normalized spacial score (nSPS) is 11.1. The summed E-state index contributed by atoms with van der Waals surface area (Å²) < 4.78 is 22.0. The molecule has 0 fully saturated rings. The van der Waals surface area contributed by atoms with E-state index in [0.717, 1.165) is 24.5 Å². The summed E-state index contributed by atoms with van der Waals surface area (Å²) in [6.45, 7) is 0. The fraction of sp³-hybridized carbons (Fsp3) is 0.143. The number of non-ortho nitro benzene ring substituents is 1. The monoisotopic (exact) mass is 278 g/mol. The van der Waals surface area contributed by atoms with E-state index in [4.69, 9.17) is 0 Å². The van der Waals surface area contributed by atoms with Gasteiger partial charge in [0.25, 0.3) is 11.4 Å². The second-order valence-corrected chi connectivity index (χ2v) is 7.28. The molecule has 0 saturated carbocycles. The Morgan fingerprint density at radius 1 is 1.18 bits per heavy atom. The van der Waals surface area contributed by atoms with E-state index in [2.05, 4.69) is 0 Å². The molecular formula is C7H6N2O6S2. The third kappa shape index (κ3) is 3.67. The summed E-state index contributed by atoms with van der Waals surface area (Å²) >= 11 is 0. The fourth-order valence-electron chi connectivity index (χ4n) is 0.996. The number of rotatable bonds is 4. The van der Waals surface area contributed by atoms with Gasteiger partial charge in [-0.1, -0.05) is 0 Å². The third-order valence-electron chi connectivity index (χ3n) is 1.59. The first-order valence-corrected chi connectivity index (χ1v) is 7.25. The van der Waals surface area contributed by atoms with Crippen molar-refractivity contribution < 1.29 is 18.3 Å². The topological polar surface area (TPSA) is 120 Å². The van der Waals surface area contributed by atoms with E-state index in [1.54, 1.807) is 0 Å². The van der Waals surface area contributed by atoms with Gasteiger partial charge in [0.2, 0.25) is 8.87 Å². The summed E-state index contributed by atoms with van der Waals surface area (Å²) in [5, 5.41) is 21.1. The molecular weight excluding hydrogens is 272 g/mol. The van der Waals surface area contributed by atoms with Crippen LogP contribution in [0.5, 0.6) is 0 Å². The van der Waals surface area contributed by atoms with Crippen LogP contribution in [0.25, 0.3) is 0 Å². The fourth-order valence-corrected chi connectivity index (χ4v) is 3.07. The van der Waals surface area contributed by atoms with E-state index in [1.165, 1.54) is 0 Å². The molecule has 0 N–H and O–H groups in total. The third-order valence-corrected chi connectivity index (χ3v) is 3.87. The lowest BCUT2D eigenvalue weighted by molar-refractivity contribution is -0.396. The Morgan fingerprint density at radius 2 is 1.76 bits per heavy atom. The van der Waals surface area contributed by atoms with E-state index in [1.807, 2.05) is 0 Å². The standard InChI is InChI=1S/C7H6N2O6S2/c1-17(14,15)16-7-3-2-5(8(10)11)4-6(7)9(12)13/h2-4H,1H3. The Balaban J connectivity index is 3.32. The van der Waals surface area contributed by atoms with Crippen LogP contribution in [0.2, 0.25) is 0 Å². The highest BCUT2D eigenvalue weighted by Crippen LogP contribution is 2.34. The van der Waals surface area contributed by atoms with E-state index in [-0.39, 0.29) is 15.7 Å². The highest BCUT2D eigenvalue weighted by molar-refractivity contribution is 8.71. The van der Waals surface area contributed by atoms with Crippen LogP contribution in [0.3, 0.4) is 0 Å². The molecule has 8 nitrogen and oxygen atoms in total. The van der Waals surface area contributed by atoms with E-state index < -0.39 is 30.1 Å². The summed E-state index contributed by atoms with van der Waals surface area (Å²) in [5.41, 5.74) is -1.07. The summed E-state index contributed by atoms with van der Waals surface area (Å²) in [5.74, 6) is 0. The Labute approximate surface area is 99.3 Å². The molecule has 17 heavy (non-hydrogen) atoms. The van der Waals surface area contributed by atoms with Gasteiger partial charge in [-0.25, -0.2) is 8.42 Å². The molecule has 0 aliphatic carbocycles. The molecule has 0 radical (unpaired) electrons. The zero-order chi connectivity index (χ0) is 13.2. The minimum absolute atomic E-state index is 0.150. The average molecular weight is 278 g/mol. The summed E-state index contributed by atoms with van der Waals surface area (Å²) in [4.78, 5) is 19.3. The minimum Gasteiger partial charge on any atom is -0.258 e. The average Bonchev–Trinajstić information content (AvgIpc) is 2.14. The lowest BCUT2D eigenvalue weighted by atomic mass is 10.3. The van der Waals surface area contributed by atoms with Crippen LogP contribution in [0.15, 0.2) is 23.1 Å². The second-order valence-electron chi connectivity index (χ2n) is 2.95. The van der Waals surface area contributed by atoms with Gasteiger partial charge in [-0.3, -0.25) is 20.2 Å². The number of hydrogen-bond acceptors (Lipinski definition) is 7. The quantitative estimate of drug-likeness (QED) is 0.465. The summed E-state index contributed by atoms with van der Waals surface area (Å²) in [6.07, 6.45) is 0.892. The van der Waals surface area contributed by atoms with Crippen LogP contribution in [-0.2, 0) is 8.87 Å². The van der Waals surface area contributed by atoms with Gasteiger partial charge in [-0.05, 0) is 6.07 Å². The SMILES string of the molecule is CS(=O)(=O)Sc1ccc([N+](=O)[O-])cc1[N+](=O)[O-]. The molecule has 10 heteroatoms. The van der Waals surface area contributed by atoms with E-state index in [9.17, 15) is 28.6 Å². The van der Waals surface area contributed by atoms with Crippen LogP contribution in [0.1, 0.15) is 0 Å². The van der Waals surface area contributed by atoms with Crippen molar-refractivity contribution in [3.05, 3.63) is 38.4 Å². The zero-order valence-corrected chi connectivity index (χ0v) is 10.0. The molecule has 0 atom stereocenters. The highest BCUT2D eigenvalue weighted by Gasteiger charge is 2.22. The molecule has 0 unspecified atom stereocenters. The Bertz CT molecular complexity index is 582. The number of hydrogen-bond donors (Lipinski definition) is 0. The van der Waals surface area contributed by atoms with Gasteiger partial charge >= 0.3 is 0 Å². The minimum atomic E-state index is -3.52. The van der Waals surface area contributed by atoms with Gasteiger partial charge in [-0.15, -0.1) is 0 Å². The van der Waals surface area contributed by atoms with Crippen molar-refractivity contribution in [2.45, 2.75) is 4.90 Å². The molecule has 0 saturated heterocycles. The number of benzene rings is 1. The Kier molecular flexibility index (Phi) is 3.68. The molecule has 0 aliphatic heterocycles. The van der Waals surface area contributed by atoms with Crippen molar-refractivity contribution in [2.75, 3.05) is 6.26 Å². The van der Waals surface area contributed by atoms with Gasteiger partial charge < -0.3 is 0 Å². The van der Waals surface area contributed by atoms with Crippen LogP contribution < -0.4 is 0 Å². The number of nitro benzene ring substituents is 2. The second kappa shape index (κ2) is 4.67. The van der Waals surface area contributed by atoms with Crippen molar-refractivity contribution in [3.63, 3.8) is 0 Å². The smallest absolute Gasteiger partial charge is 0.258 e. The summed E-state index contributed by atoms with van der Waals surface area (Å²) in [6, 6.07) is 2.79. The first-order chi connectivity index (χ1) is 7.70. The molecule has 1 aromatic carbocycles. The maximum Gasteiger partial charge on any atom is 0.290 e. The van der Waals surface area contributed by atoms with Crippen LogP contribution in [-0.4, -0.2) is 24.5 Å². The Morgan fingerprint density at radius 3 is 2.18 bits per heavy atom. The Hall–Kier alpha value is -1.68. The predicted molar refractivity (Wildman–Crippen MR) is 60.5 cm³/mol. The zero-order valence-electron chi connectivity index (χ0n) is 8.39. The largest absolute Gasteiger partial charge is 0.290 e. The van der Waals surface area contributed by atoms with Crippen molar-refractivity contribution >= 4 is 31.0 Å². The number of nitro groups is 2. The first kappa shape index (κ1) is 13.4. The molecule has 0 amide bonds. The molecule has 0 aliphatic rings. The summed E-state index contributed by atoms with van der Waals surface area (Å²) in [7, 11) is -3.24. The number of nitrogens with zero attached hydrogens (tertiary/aromatic N) is 2. The van der Waals surface area contributed by atoms with Gasteiger partial charge in [0.05, 0.1) is 15.9 Å². The van der Waals surface area contributed by atoms with Crippen molar-refractivity contribution in [1.29, 1.82) is 0 Å². The lowest BCUT2D eigenvalue weighted by Crippen LogP contribution is -1.96. The van der Waals surface area contributed by atoms with Crippen LogP contribution >= 0.6 is 10.8 Å². The molecule has 92 valence electrons. The first-order valence-electron chi connectivity index (χ1n) is 4.03. The van der Waals surface area contributed by atoms with Crippen LogP contribution in [0.4, 0.5) is 11.4 Å². The van der Waals surface area contributed by atoms with E-state index >= 15 is 0 Å². The molecule has 0 heterocycles. The maximum absolute atomic E-state index is 11.0. The van der Waals surface area contributed by atoms with Crippen molar-refractivity contribution in [1.82, 2.24) is 0 Å². The molecule has 0 aromatic heterocycles. The van der Waals surface area contributed by atoms with Gasteiger partial charge in [0.15, 0.2) is 0 Å². The molecule has 0 spiro atoms. The molecule has 1 rings (SSSR count). The lowest BCUT2D eigenvalue weighted by Gasteiger charge is -2.00. The van der Waals surface area contributed by atoms with Gasteiger partial charge in [-0.2, -0.15) is 0 Å². The van der Waals surface area contributed by atoms with E-state index in [0.29, 0.717) is 0 Å². The molecule has 0 bridgehead atoms. The van der Waals surface area contributed by atoms with Crippen LogP contribution in [0, 0.1) is 20.2 Å². The van der Waals surface area contributed by atoms with Crippen molar-refractivity contribution in [3.8, 4) is 0 Å². The highest BCUT2D eigenvalue weighted by atomic mass is 33.1. The van der Waals surface area contributed by atoms with Gasteiger partial charge in [0, 0.05) is 23.1 Å². The van der Waals surface area contributed by atoms with Gasteiger partial charge in [0.1, 0.15) is 4.90 Å². The maximum atomic E-state index is 11.0. The molecule has 1 aromatic rings.